The van der Waals surface area contributed by atoms with E-state index < -0.39 is 11.0 Å². The average Bonchev–Trinajstić information content (AvgIpc) is 2.93. The van der Waals surface area contributed by atoms with Crippen LogP contribution in [0.4, 0.5) is 5.69 Å². The van der Waals surface area contributed by atoms with Crippen molar-refractivity contribution in [1.82, 2.24) is 20.1 Å². The zero-order valence-corrected chi connectivity index (χ0v) is 11.6. The summed E-state index contributed by atoms with van der Waals surface area (Å²) in [7, 11) is 0. The summed E-state index contributed by atoms with van der Waals surface area (Å²) in [6.07, 6.45) is 0.938. The summed E-state index contributed by atoms with van der Waals surface area (Å²) < 4.78 is 1.52. The highest BCUT2D eigenvalue weighted by molar-refractivity contribution is 5.58. The zero-order chi connectivity index (χ0) is 15.2. The fourth-order valence-corrected chi connectivity index (χ4v) is 1.86. The lowest BCUT2D eigenvalue weighted by molar-refractivity contribution is -0.384. The quantitative estimate of drug-likeness (QED) is 0.578. The molecule has 0 bridgehead atoms. The molecular formula is C13H17N5O3. The first-order chi connectivity index (χ1) is 10.1. The van der Waals surface area contributed by atoms with E-state index in [9.17, 15) is 15.2 Å². The summed E-state index contributed by atoms with van der Waals surface area (Å²) in [5.74, 6) is 0.398. The van der Waals surface area contributed by atoms with Crippen LogP contribution in [0.2, 0.25) is 0 Å². The SMILES string of the molecule is CCNCC(O)Cn1cnc(-c2cccc([N+](=O)[O-])c2)n1. The minimum atomic E-state index is -0.565. The number of hydrogen-bond donors (Lipinski definition) is 2. The van der Waals surface area contributed by atoms with Gasteiger partial charge in [-0.25, -0.2) is 9.67 Å². The molecule has 1 unspecified atom stereocenters. The molecule has 1 aromatic heterocycles. The number of aliphatic hydroxyl groups is 1. The first-order valence-electron chi connectivity index (χ1n) is 6.63. The normalized spacial score (nSPS) is 12.3. The third-order valence-electron chi connectivity index (χ3n) is 2.88. The van der Waals surface area contributed by atoms with Crippen LogP contribution in [-0.2, 0) is 6.54 Å². The molecular weight excluding hydrogens is 274 g/mol. The maximum Gasteiger partial charge on any atom is 0.270 e. The zero-order valence-electron chi connectivity index (χ0n) is 11.6. The van der Waals surface area contributed by atoms with Gasteiger partial charge in [-0.3, -0.25) is 10.1 Å². The number of hydrogen-bond acceptors (Lipinski definition) is 6. The van der Waals surface area contributed by atoms with E-state index in [1.54, 1.807) is 12.1 Å². The van der Waals surface area contributed by atoms with Crippen molar-refractivity contribution in [2.24, 2.45) is 0 Å². The van der Waals surface area contributed by atoms with Crippen molar-refractivity contribution in [1.29, 1.82) is 0 Å². The second-order valence-corrected chi connectivity index (χ2v) is 4.56. The summed E-state index contributed by atoms with van der Waals surface area (Å²) in [4.78, 5) is 14.4. The van der Waals surface area contributed by atoms with Crippen molar-refractivity contribution in [2.45, 2.75) is 19.6 Å². The summed E-state index contributed by atoms with van der Waals surface area (Å²) in [5, 5.41) is 27.8. The highest BCUT2D eigenvalue weighted by Gasteiger charge is 2.11. The fraction of sp³-hybridized carbons (Fsp3) is 0.385. The Labute approximate surface area is 121 Å². The Hall–Kier alpha value is -2.32. The van der Waals surface area contributed by atoms with E-state index in [0.29, 0.717) is 24.5 Å². The summed E-state index contributed by atoms with van der Waals surface area (Å²) in [6, 6.07) is 6.14. The molecule has 8 nitrogen and oxygen atoms in total. The highest BCUT2D eigenvalue weighted by atomic mass is 16.6. The minimum absolute atomic E-state index is 0.00368. The highest BCUT2D eigenvalue weighted by Crippen LogP contribution is 2.20. The molecule has 1 atom stereocenters. The van der Waals surface area contributed by atoms with Gasteiger partial charge in [0.15, 0.2) is 5.82 Å². The molecule has 0 fully saturated rings. The van der Waals surface area contributed by atoms with Gasteiger partial charge in [0.2, 0.25) is 0 Å². The Kier molecular flexibility index (Phi) is 4.96. The second-order valence-electron chi connectivity index (χ2n) is 4.56. The predicted molar refractivity (Wildman–Crippen MR) is 76.7 cm³/mol. The van der Waals surface area contributed by atoms with Crippen molar-refractivity contribution in [3.05, 3.63) is 40.7 Å². The van der Waals surface area contributed by atoms with Crippen LogP contribution in [0.25, 0.3) is 11.4 Å². The van der Waals surface area contributed by atoms with Gasteiger partial charge in [0.1, 0.15) is 6.33 Å². The van der Waals surface area contributed by atoms with E-state index in [1.807, 2.05) is 6.92 Å². The first kappa shape index (κ1) is 15.1. The molecule has 0 amide bonds. The van der Waals surface area contributed by atoms with Gasteiger partial charge in [0.05, 0.1) is 17.6 Å². The fourth-order valence-electron chi connectivity index (χ4n) is 1.86. The maximum absolute atomic E-state index is 10.8. The van der Waals surface area contributed by atoms with Crippen LogP contribution in [0.3, 0.4) is 0 Å². The monoisotopic (exact) mass is 291 g/mol. The van der Waals surface area contributed by atoms with Crippen LogP contribution in [0.5, 0.6) is 0 Å². The number of nitro benzene ring substituents is 1. The molecule has 0 aliphatic rings. The molecule has 2 rings (SSSR count). The van der Waals surface area contributed by atoms with Gasteiger partial charge in [-0.1, -0.05) is 19.1 Å². The van der Waals surface area contributed by atoms with Crippen LogP contribution < -0.4 is 5.32 Å². The summed E-state index contributed by atoms with van der Waals surface area (Å²) in [5.41, 5.74) is 0.570. The molecule has 0 spiro atoms. The van der Waals surface area contributed by atoms with Gasteiger partial charge in [-0.15, -0.1) is 0 Å². The Morgan fingerprint density at radius 3 is 3.05 bits per heavy atom. The number of rotatable bonds is 7. The molecule has 0 aliphatic carbocycles. The third kappa shape index (κ3) is 4.07. The van der Waals surface area contributed by atoms with E-state index in [1.165, 1.54) is 23.1 Å². The summed E-state index contributed by atoms with van der Waals surface area (Å²) >= 11 is 0. The van der Waals surface area contributed by atoms with E-state index in [-0.39, 0.29) is 5.69 Å². The van der Waals surface area contributed by atoms with Gasteiger partial charge in [-0.2, -0.15) is 5.10 Å². The van der Waals surface area contributed by atoms with Crippen LogP contribution in [-0.4, -0.2) is 44.0 Å². The van der Waals surface area contributed by atoms with Crippen LogP contribution in [0.15, 0.2) is 30.6 Å². The van der Waals surface area contributed by atoms with Crippen molar-refractivity contribution in [2.75, 3.05) is 13.1 Å². The number of aliphatic hydroxyl groups excluding tert-OH is 1. The van der Waals surface area contributed by atoms with E-state index >= 15 is 0 Å². The molecule has 0 saturated carbocycles. The number of aromatic nitrogens is 3. The lowest BCUT2D eigenvalue weighted by Crippen LogP contribution is -2.30. The summed E-state index contributed by atoms with van der Waals surface area (Å²) in [6.45, 7) is 3.54. The van der Waals surface area contributed by atoms with E-state index in [4.69, 9.17) is 0 Å². The lowest BCUT2D eigenvalue weighted by atomic mass is 10.2. The van der Waals surface area contributed by atoms with Crippen LogP contribution in [0.1, 0.15) is 6.92 Å². The molecule has 112 valence electrons. The van der Waals surface area contributed by atoms with Gasteiger partial charge >= 0.3 is 0 Å². The Bertz CT molecular complexity index is 613. The van der Waals surface area contributed by atoms with Gasteiger partial charge < -0.3 is 10.4 Å². The Morgan fingerprint density at radius 1 is 1.52 bits per heavy atom. The largest absolute Gasteiger partial charge is 0.390 e. The number of nitrogens with one attached hydrogen (secondary N) is 1. The molecule has 0 saturated heterocycles. The lowest BCUT2D eigenvalue weighted by Gasteiger charge is -2.09. The number of nitrogens with zero attached hydrogens (tertiary/aromatic N) is 4. The van der Waals surface area contributed by atoms with Crippen molar-refractivity contribution >= 4 is 5.69 Å². The average molecular weight is 291 g/mol. The number of nitro groups is 1. The molecule has 1 heterocycles. The van der Waals surface area contributed by atoms with Gasteiger partial charge in [-0.05, 0) is 6.54 Å². The molecule has 2 aromatic rings. The molecule has 0 aliphatic heterocycles. The second kappa shape index (κ2) is 6.91. The first-order valence-corrected chi connectivity index (χ1v) is 6.63. The molecule has 8 heteroatoms. The van der Waals surface area contributed by atoms with Crippen molar-refractivity contribution in [3.63, 3.8) is 0 Å². The van der Waals surface area contributed by atoms with E-state index in [0.717, 1.165) is 6.54 Å². The van der Waals surface area contributed by atoms with E-state index in [2.05, 4.69) is 15.4 Å². The van der Waals surface area contributed by atoms with Crippen molar-refractivity contribution in [3.8, 4) is 11.4 Å². The number of benzene rings is 1. The topological polar surface area (TPSA) is 106 Å². The van der Waals surface area contributed by atoms with Crippen LogP contribution >= 0.6 is 0 Å². The standard InChI is InChI=1S/C13H17N5O3/c1-2-14-7-12(19)8-17-9-15-13(16-17)10-4-3-5-11(6-10)18(20)21/h3-6,9,12,14,19H,2,7-8H2,1H3. The third-order valence-corrected chi connectivity index (χ3v) is 2.88. The Morgan fingerprint density at radius 2 is 2.33 bits per heavy atom. The number of likely N-dealkylation sites (N-methyl/N-ethyl adjacent to an activating group) is 1. The predicted octanol–water partition coefficient (Wildman–Crippen LogP) is 0.824. The molecule has 0 radical (unpaired) electrons. The molecule has 1 aromatic carbocycles. The maximum atomic E-state index is 10.8. The Balaban J connectivity index is 2.09. The smallest absolute Gasteiger partial charge is 0.270 e. The molecule has 21 heavy (non-hydrogen) atoms. The van der Waals surface area contributed by atoms with Gasteiger partial charge in [0.25, 0.3) is 5.69 Å². The molecule has 2 N–H and O–H groups in total. The van der Waals surface area contributed by atoms with Crippen LogP contribution in [0, 0.1) is 10.1 Å². The number of non-ortho nitro benzene ring substituents is 1. The van der Waals surface area contributed by atoms with Crippen molar-refractivity contribution < 1.29 is 10.0 Å². The minimum Gasteiger partial charge on any atom is -0.390 e. The van der Waals surface area contributed by atoms with Gasteiger partial charge in [0, 0.05) is 24.2 Å².